The number of hydrogen-bond donors (Lipinski definition) is 1. The molecule has 0 radical (unpaired) electrons. The van der Waals surface area contributed by atoms with Gasteiger partial charge in [-0.1, -0.05) is 19.9 Å². The van der Waals surface area contributed by atoms with Gasteiger partial charge in [0.2, 0.25) is 0 Å². The fourth-order valence-electron chi connectivity index (χ4n) is 3.09. The highest BCUT2D eigenvalue weighted by Gasteiger charge is 2.34. The van der Waals surface area contributed by atoms with E-state index in [1.165, 1.54) is 12.5 Å². The number of pyridine rings is 1. The summed E-state index contributed by atoms with van der Waals surface area (Å²) >= 11 is 0. The van der Waals surface area contributed by atoms with Gasteiger partial charge >= 0.3 is 0 Å². The number of anilines is 1. The van der Waals surface area contributed by atoms with Crippen LogP contribution in [-0.4, -0.2) is 52.2 Å². The summed E-state index contributed by atoms with van der Waals surface area (Å²) in [5.74, 6) is 1.23. The fraction of sp³-hybridized carbons (Fsp3) is 0.647. The summed E-state index contributed by atoms with van der Waals surface area (Å²) in [5, 5.41) is 9.56. The highest BCUT2D eigenvalue weighted by molar-refractivity contribution is 5.81. The smallest absolute Gasteiger partial charge is 0.251 e. The summed E-state index contributed by atoms with van der Waals surface area (Å²) in [4.78, 5) is 20.7. The van der Waals surface area contributed by atoms with Crippen LogP contribution < -0.4 is 4.90 Å². The second-order valence-corrected chi connectivity index (χ2v) is 6.63. The number of piperazine rings is 1. The second kappa shape index (κ2) is 6.65. The van der Waals surface area contributed by atoms with Crippen LogP contribution in [0.3, 0.4) is 0 Å². The number of carbonyl (C=O) groups excluding carboxylic acids is 1. The Morgan fingerprint density at radius 2 is 1.82 bits per heavy atom. The van der Waals surface area contributed by atoms with Crippen LogP contribution in [0.25, 0.3) is 0 Å². The van der Waals surface area contributed by atoms with Crippen molar-refractivity contribution in [3.63, 3.8) is 0 Å². The summed E-state index contributed by atoms with van der Waals surface area (Å²) < 4.78 is 0. The minimum Gasteiger partial charge on any atom is -0.384 e. The van der Waals surface area contributed by atoms with E-state index in [1.54, 1.807) is 4.90 Å². The molecule has 1 unspecified atom stereocenters. The van der Waals surface area contributed by atoms with Crippen LogP contribution in [0.4, 0.5) is 5.82 Å². The van der Waals surface area contributed by atoms with Gasteiger partial charge in [0.05, 0.1) is 0 Å². The predicted molar refractivity (Wildman–Crippen MR) is 88.0 cm³/mol. The SMILES string of the molecule is CC(O)C(=O)N1[C@H](C)CN(c2ccc(C(C)C)cn2)C[C@@H]1C. The van der Waals surface area contributed by atoms with Gasteiger partial charge in [0.25, 0.3) is 5.91 Å². The van der Waals surface area contributed by atoms with Gasteiger partial charge in [0.15, 0.2) is 0 Å². The molecule has 1 fully saturated rings. The van der Waals surface area contributed by atoms with Gasteiger partial charge in [-0.25, -0.2) is 4.98 Å². The number of aliphatic hydroxyl groups excluding tert-OH is 1. The molecule has 1 aromatic rings. The minimum absolute atomic E-state index is 0.0532. The van der Waals surface area contributed by atoms with Gasteiger partial charge in [0.1, 0.15) is 11.9 Å². The maximum absolute atomic E-state index is 12.1. The molecule has 22 heavy (non-hydrogen) atoms. The molecule has 1 N–H and O–H groups in total. The summed E-state index contributed by atoms with van der Waals surface area (Å²) in [6.45, 7) is 11.3. The van der Waals surface area contributed by atoms with Crippen LogP contribution in [0.1, 0.15) is 46.1 Å². The number of rotatable bonds is 3. The van der Waals surface area contributed by atoms with E-state index >= 15 is 0 Å². The summed E-state index contributed by atoms with van der Waals surface area (Å²) in [6.07, 6.45) is 0.989. The average molecular weight is 305 g/mol. The average Bonchev–Trinajstić information content (AvgIpc) is 2.46. The Morgan fingerprint density at radius 3 is 2.23 bits per heavy atom. The van der Waals surface area contributed by atoms with Crippen molar-refractivity contribution in [2.45, 2.75) is 58.7 Å². The molecule has 0 aliphatic carbocycles. The summed E-state index contributed by atoms with van der Waals surface area (Å²) in [5.41, 5.74) is 1.23. The lowest BCUT2D eigenvalue weighted by atomic mass is 10.0. The van der Waals surface area contributed by atoms with Gasteiger partial charge in [0, 0.05) is 31.4 Å². The lowest BCUT2D eigenvalue weighted by molar-refractivity contribution is -0.144. The van der Waals surface area contributed by atoms with E-state index in [-0.39, 0.29) is 18.0 Å². The molecular weight excluding hydrogens is 278 g/mol. The van der Waals surface area contributed by atoms with E-state index in [0.717, 1.165) is 18.9 Å². The molecule has 0 aromatic carbocycles. The quantitative estimate of drug-likeness (QED) is 0.928. The number of aliphatic hydroxyl groups is 1. The van der Waals surface area contributed by atoms with Crippen molar-refractivity contribution >= 4 is 11.7 Å². The Balaban J connectivity index is 2.12. The van der Waals surface area contributed by atoms with Crippen molar-refractivity contribution in [1.82, 2.24) is 9.88 Å². The molecule has 1 aromatic heterocycles. The van der Waals surface area contributed by atoms with Crippen LogP contribution in [0.15, 0.2) is 18.3 Å². The Kier molecular flexibility index (Phi) is 5.06. The van der Waals surface area contributed by atoms with Crippen LogP contribution in [0, 0.1) is 0 Å². The molecule has 1 aliphatic rings. The lowest BCUT2D eigenvalue weighted by Crippen LogP contribution is -2.60. The van der Waals surface area contributed by atoms with Gasteiger partial charge in [-0.05, 0) is 38.3 Å². The molecule has 5 heteroatoms. The first kappa shape index (κ1) is 16.7. The molecule has 1 aliphatic heterocycles. The standard InChI is InChI=1S/C17H27N3O2/c1-11(2)15-6-7-16(18-8-15)19-9-12(3)20(13(4)10-19)17(22)14(5)21/h6-8,11-14,21H,9-10H2,1-5H3/t12-,13+,14?. The van der Waals surface area contributed by atoms with Crippen LogP contribution in [-0.2, 0) is 4.79 Å². The summed E-state index contributed by atoms with van der Waals surface area (Å²) in [6, 6.07) is 4.28. The molecule has 0 bridgehead atoms. The van der Waals surface area contributed by atoms with Crippen molar-refractivity contribution in [2.24, 2.45) is 0 Å². The largest absolute Gasteiger partial charge is 0.384 e. The maximum atomic E-state index is 12.1. The molecule has 5 nitrogen and oxygen atoms in total. The number of aromatic nitrogens is 1. The number of amides is 1. The van der Waals surface area contributed by atoms with E-state index in [9.17, 15) is 9.90 Å². The van der Waals surface area contributed by atoms with Crippen molar-refractivity contribution in [2.75, 3.05) is 18.0 Å². The van der Waals surface area contributed by atoms with Crippen LogP contribution in [0.5, 0.6) is 0 Å². The highest BCUT2D eigenvalue weighted by Crippen LogP contribution is 2.23. The number of hydrogen-bond acceptors (Lipinski definition) is 4. The predicted octanol–water partition coefficient (Wildman–Crippen LogP) is 2.01. The maximum Gasteiger partial charge on any atom is 0.251 e. The van der Waals surface area contributed by atoms with E-state index in [2.05, 4.69) is 35.9 Å². The summed E-state index contributed by atoms with van der Waals surface area (Å²) in [7, 11) is 0. The van der Waals surface area contributed by atoms with Crippen molar-refractivity contribution in [3.05, 3.63) is 23.9 Å². The van der Waals surface area contributed by atoms with Gasteiger partial charge < -0.3 is 14.9 Å². The third-order valence-electron chi connectivity index (χ3n) is 4.29. The first-order chi connectivity index (χ1) is 10.3. The highest BCUT2D eigenvalue weighted by atomic mass is 16.3. The third kappa shape index (κ3) is 3.40. The van der Waals surface area contributed by atoms with Crippen molar-refractivity contribution < 1.29 is 9.90 Å². The normalized spacial score (nSPS) is 23.8. The van der Waals surface area contributed by atoms with Crippen molar-refractivity contribution in [3.8, 4) is 0 Å². The molecule has 1 amide bonds. The van der Waals surface area contributed by atoms with E-state index in [4.69, 9.17) is 0 Å². The molecule has 3 atom stereocenters. The topological polar surface area (TPSA) is 56.7 Å². The lowest BCUT2D eigenvalue weighted by Gasteiger charge is -2.45. The molecule has 1 saturated heterocycles. The number of carbonyl (C=O) groups is 1. The fourth-order valence-corrected chi connectivity index (χ4v) is 3.09. The molecule has 0 saturated carbocycles. The van der Waals surface area contributed by atoms with E-state index in [0.29, 0.717) is 5.92 Å². The Labute approximate surface area is 132 Å². The zero-order valence-corrected chi connectivity index (χ0v) is 14.2. The molecule has 2 rings (SSSR count). The van der Waals surface area contributed by atoms with Gasteiger partial charge in [-0.3, -0.25) is 4.79 Å². The second-order valence-electron chi connectivity index (χ2n) is 6.63. The Hall–Kier alpha value is -1.62. The van der Waals surface area contributed by atoms with Gasteiger partial charge in [-0.15, -0.1) is 0 Å². The van der Waals surface area contributed by atoms with Gasteiger partial charge in [-0.2, -0.15) is 0 Å². The van der Waals surface area contributed by atoms with E-state index < -0.39 is 6.10 Å². The Morgan fingerprint density at radius 1 is 1.23 bits per heavy atom. The first-order valence-corrected chi connectivity index (χ1v) is 8.02. The van der Waals surface area contributed by atoms with Crippen molar-refractivity contribution in [1.29, 1.82) is 0 Å². The zero-order chi connectivity index (χ0) is 16.4. The molecule has 122 valence electrons. The molecule has 0 spiro atoms. The third-order valence-corrected chi connectivity index (χ3v) is 4.29. The zero-order valence-electron chi connectivity index (χ0n) is 14.2. The molecule has 2 heterocycles. The Bertz CT molecular complexity index is 501. The monoisotopic (exact) mass is 305 g/mol. The van der Waals surface area contributed by atoms with Crippen LogP contribution >= 0.6 is 0 Å². The first-order valence-electron chi connectivity index (χ1n) is 8.02. The minimum atomic E-state index is -0.945. The van der Waals surface area contributed by atoms with E-state index in [1.807, 2.05) is 20.0 Å². The van der Waals surface area contributed by atoms with Crippen LogP contribution in [0.2, 0.25) is 0 Å². The number of nitrogens with zero attached hydrogens (tertiary/aromatic N) is 3. The molecular formula is C17H27N3O2.